The molecule has 0 amide bonds. The molecular weight excluding hydrogens is 287 g/mol. The Labute approximate surface area is 136 Å². The monoisotopic (exact) mass is 306 g/mol. The minimum absolute atomic E-state index is 0.153. The Hall–Kier alpha value is -2.48. The van der Waals surface area contributed by atoms with Gasteiger partial charge in [-0.2, -0.15) is 0 Å². The van der Waals surface area contributed by atoms with Gasteiger partial charge in [-0.3, -0.25) is 4.79 Å². The van der Waals surface area contributed by atoms with Crippen molar-refractivity contribution in [1.29, 1.82) is 0 Å². The van der Waals surface area contributed by atoms with Crippen LogP contribution in [0.5, 0.6) is 0 Å². The van der Waals surface area contributed by atoms with E-state index < -0.39 is 5.41 Å². The van der Waals surface area contributed by atoms with Crippen molar-refractivity contribution in [3.63, 3.8) is 0 Å². The minimum atomic E-state index is -0.570. The number of hydrogen-bond acceptors (Lipinski definition) is 1. The second kappa shape index (κ2) is 5.96. The van der Waals surface area contributed by atoms with Crippen molar-refractivity contribution in [1.82, 2.24) is 0 Å². The van der Waals surface area contributed by atoms with E-state index in [0.29, 0.717) is 6.42 Å². The minimum Gasteiger partial charge on any atom is -0.294 e. The number of fused-ring (bicyclic) bond motifs is 1. The average Bonchev–Trinajstić information content (AvgIpc) is 2.53. The number of Topliss-reactive ketones (excluding diaryl/α,β-unsaturated/α-hetero) is 1. The van der Waals surface area contributed by atoms with Gasteiger partial charge in [-0.1, -0.05) is 48.6 Å². The molecule has 0 fully saturated rings. The molecule has 1 nitrogen and oxygen atoms in total. The van der Waals surface area contributed by atoms with E-state index in [-0.39, 0.29) is 11.6 Å². The summed E-state index contributed by atoms with van der Waals surface area (Å²) in [7, 11) is 0. The first-order valence-corrected chi connectivity index (χ1v) is 7.75. The summed E-state index contributed by atoms with van der Waals surface area (Å²) in [5, 5.41) is 0. The van der Waals surface area contributed by atoms with Crippen LogP contribution in [0.15, 0.2) is 60.2 Å². The molecule has 1 aliphatic carbocycles. The predicted molar refractivity (Wildman–Crippen MR) is 92.5 cm³/mol. The molecule has 0 unspecified atom stereocenters. The molecular formula is C21H19FO. The Morgan fingerprint density at radius 3 is 2.70 bits per heavy atom. The fourth-order valence-electron chi connectivity index (χ4n) is 3.23. The molecule has 23 heavy (non-hydrogen) atoms. The van der Waals surface area contributed by atoms with E-state index in [9.17, 15) is 9.18 Å². The molecule has 0 saturated carbocycles. The number of hydrogen-bond donors (Lipinski definition) is 0. The van der Waals surface area contributed by atoms with Crippen molar-refractivity contribution in [3.05, 3.63) is 82.7 Å². The molecule has 0 aromatic heterocycles. The molecule has 0 radical (unpaired) electrons. The topological polar surface area (TPSA) is 17.1 Å². The van der Waals surface area contributed by atoms with Crippen molar-refractivity contribution in [2.24, 2.45) is 0 Å². The molecule has 0 N–H and O–H groups in total. The molecule has 0 bridgehead atoms. The maximum absolute atomic E-state index is 13.2. The molecule has 1 aliphatic rings. The van der Waals surface area contributed by atoms with Gasteiger partial charge in [0.2, 0.25) is 0 Å². The van der Waals surface area contributed by atoms with Crippen molar-refractivity contribution in [2.45, 2.75) is 25.7 Å². The molecule has 0 spiro atoms. The van der Waals surface area contributed by atoms with Crippen molar-refractivity contribution >= 4 is 17.9 Å². The summed E-state index contributed by atoms with van der Waals surface area (Å²) in [5.74, 6) is -0.101. The Morgan fingerprint density at radius 1 is 1.13 bits per heavy atom. The zero-order valence-electron chi connectivity index (χ0n) is 13.3. The predicted octanol–water partition coefficient (Wildman–Crippen LogP) is 5.17. The third-order valence-electron chi connectivity index (χ3n) is 4.47. The highest BCUT2D eigenvalue weighted by Gasteiger charge is 2.38. The average molecular weight is 306 g/mol. The van der Waals surface area contributed by atoms with Crippen LogP contribution < -0.4 is 0 Å². The van der Waals surface area contributed by atoms with Crippen LogP contribution in [-0.2, 0) is 10.2 Å². The number of carbonyl (C=O) groups excluding carboxylic acids is 1. The van der Waals surface area contributed by atoms with Gasteiger partial charge in [0.1, 0.15) is 5.82 Å². The second-order valence-electron chi connectivity index (χ2n) is 6.24. The van der Waals surface area contributed by atoms with Gasteiger partial charge in [-0.25, -0.2) is 4.39 Å². The number of allylic oxidation sites excluding steroid dienone is 2. The zero-order valence-corrected chi connectivity index (χ0v) is 13.3. The maximum Gasteiger partial charge on any atom is 0.169 e. The van der Waals surface area contributed by atoms with Gasteiger partial charge < -0.3 is 0 Å². The second-order valence-corrected chi connectivity index (χ2v) is 6.24. The van der Waals surface area contributed by atoms with Crippen LogP contribution in [0.25, 0.3) is 12.2 Å². The van der Waals surface area contributed by atoms with E-state index >= 15 is 0 Å². The van der Waals surface area contributed by atoms with E-state index in [2.05, 4.69) is 0 Å². The highest BCUT2D eigenvalue weighted by molar-refractivity contribution is 6.09. The van der Waals surface area contributed by atoms with E-state index in [1.54, 1.807) is 6.07 Å². The zero-order chi connectivity index (χ0) is 16.4. The van der Waals surface area contributed by atoms with Crippen LogP contribution >= 0.6 is 0 Å². The van der Waals surface area contributed by atoms with Crippen LogP contribution in [0.2, 0.25) is 0 Å². The van der Waals surface area contributed by atoms with Crippen molar-refractivity contribution < 1.29 is 9.18 Å². The standard InChI is InChI=1S/C21H19FO/c1-15-13-17-9-3-4-11-19(17)21(2,20(15)23)12-6-8-16-7-5-10-18(22)14-16/h3-11,13-14H,12H2,1-2H3/b8-6+/t21-/m0/s1. The lowest BCUT2D eigenvalue weighted by atomic mass is 9.69. The van der Waals surface area contributed by atoms with Crippen molar-refractivity contribution in [3.8, 4) is 0 Å². The summed E-state index contributed by atoms with van der Waals surface area (Å²) in [6.45, 7) is 3.85. The Bertz CT molecular complexity index is 816. The Kier molecular flexibility index (Phi) is 3.99. The normalized spacial score (nSPS) is 20.5. The van der Waals surface area contributed by atoms with Gasteiger partial charge in [0.15, 0.2) is 5.78 Å². The molecule has 1 atom stereocenters. The lowest BCUT2D eigenvalue weighted by molar-refractivity contribution is -0.120. The van der Waals surface area contributed by atoms with Gasteiger partial charge in [-0.05, 0) is 60.7 Å². The van der Waals surface area contributed by atoms with Crippen LogP contribution in [0.3, 0.4) is 0 Å². The van der Waals surface area contributed by atoms with Crippen LogP contribution in [-0.4, -0.2) is 5.78 Å². The summed E-state index contributed by atoms with van der Waals surface area (Å²) in [4.78, 5) is 12.7. The third-order valence-corrected chi connectivity index (χ3v) is 4.47. The summed E-state index contributed by atoms with van der Waals surface area (Å²) in [6, 6.07) is 14.5. The molecule has 116 valence electrons. The maximum atomic E-state index is 13.2. The number of ketones is 1. The van der Waals surface area contributed by atoms with Crippen LogP contribution in [0, 0.1) is 5.82 Å². The molecule has 0 aliphatic heterocycles. The lowest BCUT2D eigenvalue weighted by Gasteiger charge is -2.33. The smallest absolute Gasteiger partial charge is 0.169 e. The van der Waals surface area contributed by atoms with Gasteiger partial charge in [-0.15, -0.1) is 0 Å². The molecule has 0 saturated heterocycles. The van der Waals surface area contributed by atoms with Gasteiger partial charge in [0.05, 0.1) is 5.41 Å². The quantitative estimate of drug-likeness (QED) is 0.764. The fourth-order valence-corrected chi connectivity index (χ4v) is 3.23. The van der Waals surface area contributed by atoms with Crippen molar-refractivity contribution in [2.75, 3.05) is 0 Å². The summed E-state index contributed by atoms with van der Waals surface area (Å²) < 4.78 is 13.2. The molecule has 2 heteroatoms. The van der Waals surface area contributed by atoms with Gasteiger partial charge >= 0.3 is 0 Å². The number of halogens is 1. The fraction of sp³-hybridized carbons (Fsp3) is 0.190. The van der Waals surface area contributed by atoms with E-state index in [4.69, 9.17) is 0 Å². The van der Waals surface area contributed by atoms with E-state index in [0.717, 1.165) is 22.3 Å². The summed E-state index contributed by atoms with van der Waals surface area (Å²) in [6.07, 6.45) is 6.38. The first-order chi connectivity index (χ1) is 11.0. The summed E-state index contributed by atoms with van der Waals surface area (Å²) in [5.41, 5.74) is 3.17. The Morgan fingerprint density at radius 2 is 1.91 bits per heavy atom. The van der Waals surface area contributed by atoms with E-state index in [1.807, 2.05) is 62.4 Å². The van der Waals surface area contributed by atoms with E-state index in [1.165, 1.54) is 12.1 Å². The number of carbonyl (C=O) groups is 1. The Balaban J connectivity index is 1.91. The first-order valence-electron chi connectivity index (χ1n) is 7.75. The third kappa shape index (κ3) is 2.89. The highest BCUT2D eigenvalue weighted by atomic mass is 19.1. The first kappa shape index (κ1) is 15.4. The summed E-state index contributed by atoms with van der Waals surface area (Å²) >= 11 is 0. The lowest BCUT2D eigenvalue weighted by Crippen LogP contribution is -2.35. The van der Waals surface area contributed by atoms with Gasteiger partial charge in [0.25, 0.3) is 0 Å². The molecule has 2 aromatic rings. The van der Waals surface area contributed by atoms with Gasteiger partial charge in [0, 0.05) is 0 Å². The number of rotatable bonds is 3. The largest absolute Gasteiger partial charge is 0.294 e. The SMILES string of the molecule is CC1=Cc2ccccc2[C@](C)(C/C=C/c2cccc(F)c2)C1=O. The van der Waals surface area contributed by atoms with Crippen LogP contribution in [0.1, 0.15) is 37.0 Å². The molecule has 2 aromatic carbocycles. The highest BCUT2D eigenvalue weighted by Crippen LogP contribution is 2.38. The molecule has 3 rings (SSSR count). The van der Waals surface area contributed by atoms with Crippen LogP contribution in [0.4, 0.5) is 4.39 Å². The number of benzene rings is 2. The molecule has 0 heterocycles.